The maximum Gasteiger partial charge on any atom is 0.296 e. The molecule has 3 N–H and O–H groups in total. The van der Waals surface area contributed by atoms with E-state index in [2.05, 4.69) is 0 Å². The van der Waals surface area contributed by atoms with Gasteiger partial charge in [0.1, 0.15) is 4.90 Å². The number of hydrogen-bond donors (Lipinski definition) is 2. The van der Waals surface area contributed by atoms with Gasteiger partial charge in [-0.1, -0.05) is 18.2 Å². The lowest BCUT2D eigenvalue weighted by Gasteiger charge is -2.20. The van der Waals surface area contributed by atoms with E-state index in [9.17, 15) is 8.42 Å². The minimum atomic E-state index is -4.32. The zero-order valence-electron chi connectivity index (χ0n) is 10.3. The number of nitrogen functional groups attached to an aromatic ring is 1. The van der Waals surface area contributed by atoms with Gasteiger partial charge in [0.25, 0.3) is 10.1 Å². The van der Waals surface area contributed by atoms with Crippen molar-refractivity contribution in [1.82, 2.24) is 0 Å². The summed E-state index contributed by atoms with van der Waals surface area (Å²) in [4.78, 5) is 1.52. The minimum Gasteiger partial charge on any atom is -0.398 e. The molecule has 19 heavy (non-hydrogen) atoms. The summed E-state index contributed by atoms with van der Waals surface area (Å²) in [5, 5.41) is 0. The molecule has 2 aromatic carbocycles. The van der Waals surface area contributed by atoms with Gasteiger partial charge in [0.15, 0.2) is 0 Å². The van der Waals surface area contributed by atoms with Crippen molar-refractivity contribution >= 4 is 27.2 Å². The van der Waals surface area contributed by atoms with Crippen LogP contribution in [0.5, 0.6) is 0 Å². The molecule has 0 saturated heterocycles. The maximum absolute atomic E-state index is 11.2. The molecule has 5 nitrogen and oxygen atoms in total. The Morgan fingerprint density at radius 1 is 1.05 bits per heavy atom. The van der Waals surface area contributed by atoms with Crippen LogP contribution in [-0.4, -0.2) is 20.0 Å². The van der Waals surface area contributed by atoms with Crippen LogP contribution < -0.4 is 10.6 Å². The molecule has 0 saturated carbocycles. The van der Waals surface area contributed by atoms with Gasteiger partial charge >= 0.3 is 0 Å². The molecule has 100 valence electrons. The number of benzene rings is 2. The van der Waals surface area contributed by atoms with Crippen LogP contribution >= 0.6 is 0 Å². The first-order valence-corrected chi connectivity index (χ1v) is 6.99. The van der Waals surface area contributed by atoms with Gasteiger partial charge in [0.05, 0.1) is 5.69 Å². The quantitative estimate of drug-likeness (QED) is 0.664. The first kappa shape index (κ1) is 13.4. The van der Waals surface area contributed by atoms with Gasteiger partial charge in [0.2, 0.25) is 0 Å². The first-order chi connectivity index (χ1) is 8.89. The highest BCUT2D eigenvalue weighted by atomic mass is 32.2. The van der Waals surface area contributed by atoms with Crippen molar-refractivity contribution in [2.45, 2.75) is 4.90 Å². The third-order valence-electron chi connectivity index (χ3n) is 2.81. The van der Waals surface area contributed by atoms with Crippen LogP contribution in [0.15, 0.2) is 53.4 Å². The third kappa shape index (κ3) is 2.86. The summed E-state index contributed by atoms with van der Waals surface area (Å²) >= 11 is 0. The van der Waals surface area contributed by atoms with Crippen LogP contribution in [0.2, 0.25) is 0 Å². The van der Waals surface area contributed by atoms with E-state index in [1.807, 2.05) is 30.3 Å². The molecule has 6 heteroatoms. The fourth-order valence-corrected chi connectivity index (χ4v) is 2.39. The summed E-state index contributed by atoms with van der Waals surface area (Å²) < 4.78 is 31.6. The lowest BCUT2D eigenvalue weighted by molar-refractivity contribution is 0.483. The van der Waals surface area contributed by atoms with Crippen LogP contribution in [0.1, 0.15) is 0 Å². The van der Waals surface area contributed by atoms with Gasteiger partial charge in [0, 0.05) is 18.4 Å². The van der Waals surface area contributed by atoms with Crippen molar-refractivity contribution in [3.05, 3.63) is 48.5 Å². The second kappa shape index (κ2) is 4.91. The molecule has 0 radical (unpaired) electrons. The van der Waals surface area contributed by atoms with Gasteiger partial charge in [-0.15, -0.1) is 0 Å². The summed E-state index contributed by atoms with van der Waals surface area (Å²) in [5.74, 6) is 0. The molecule has 0 bridgehead atoms. The largest absolute Gasteiger partial charge is 0.398 e. The Morgan fingerprint density at radius 3 is 2.26 bits per heavy atom. The smallest absolute Gasteiger partial charge is 0.296 e. The molecule has 0 amide bonds. The van der Waals surface area contributed by atoms with E-state index in [1.54, 1.807) is 18.0 Å². The van der Waals surface area contributed by atoms with Crippen molar-refractivity contribution in [3.63, 3.8) is 0 Å². The topological polar surface area (TPSA) is 83.6 Å². The van der Waals surface area contributed by atoms with Gasteiger partial charge in [-0.25, -0.2) is 0 Å². The second-order valence-corrected chi connectivity index (χ2v) is 5.48. The fourth-order valence-electron chi connectivity index (χ4n) is 1.76. The monoisotopic (exact) mass is 278 g/mol. The van der Waals surface area contributed by atoms with Crippen molar-refractivity contribution in [2.75, 3.05) is 17.7 Å². The Labute approximate surface area is 112 Å². The van der Waals surface area contributed by atoms with Crippen molar-refractivity contribution in [1.29, 1.82) is 0 Å². The predicted octanol–water partition coefficient (Wildman–Crippen LogP) is 2.28. The van der Waals surface area contributed by atoms with Crippen LogP contribution in [-0.2, 0) is 10.1 Å². The lowest BCUT2D eigenvalue weighted by Crippen LogP contribution is -2.11. The molecular formula is C13H14N2O3S. The first-order valence-electron chi connectivity index (χ1n) is 5.55. The molecule has 0 aliphatic heterocycles. The van der Waals surface area contributed by atoms with Crippen LogP contribution in [0.3, 0.4) is 0 Å². The number of rotatable bonds is 3. The van der Waals surface area contributed by atoms with Crippen LogP contribution in [0, 0.1) is 0 Å². The average Bonchev–Trinajstić information content (AvgIpc) is 2.38. The van der Waals surface area contributed by atoms with E-state index in [4.69, 9.17) is 10.3 Å². The Bertz CT molecular complexity index is 684. The SMILES string of the molecule is CN(c1ccccc1)c1ccc(N)c(S(=O)(=O)O)c1. The van der Waals surface area contributed by atoms with E-state index in [0.29, 0.717) is 5.69 Å². The van der Waals surface area contributed by atoms with E-state index in [0.717, 1.165) is 5.69 Å². The Kier molecular flexibility index (Phi) is 3.46. The van der Waals surface area contributed by atoms with E-state index < -0.39 is 10.1 Å². The van der Waals surface area contributed by atoms with Crippen LogP contribution in [0.25, 0.3) is 0 Å². The summed E-state index contributed by atoms with van der Waals surface area (Å²) in [7, 11) is -2.52. The van der Waals surface area contributed by atoms with Gasteiger partial charge < -0.3 is 10.6 Å². The second-order valence-electron chi connectivity index (χ2n) is 4.09. The average molecular weight is 278 g/mol. The van der Waals surface area contributed by atoms with E-state index in [-0.39, 0.29) is 10.6 Å². The molecule has 0 aliphatic carbocycles. The van der Waals surface area contributed by atoms with Crippen molar-refractivity contribution in [2.24, 2.45) is 0 Å². The number of nitrogens with two attached hydrogens (primary N) is 1. The Balaban J connectivity index is 2.48. The highest BCUT2D eigenvalue weighted by molar-refractivity contribution is 7.86. The summed E-state index contributed by atoms with van der Waals surface area (Å²) in [6, 6.07) is 13.9. The molecule has 2 aromatic rings. The van der Waals surface area contributed by atoms with E-state index >= 15 is 0 Å². The normalized spacial score (nSPS) is 11.3. The number of anilines is 3. The zero-order chi connectivity index (χ0) is 14.0. The highest BCUT2D eigenvalue weighted by Gasteiger charge is 2.16. The molecule has 0 fully saturated rings. The van der Waals surface area contributed by atoms with Crippen molar-refractivity contribution in [3.8, 4) is 0 Å². The molecule has 0 atom stereocenters. The highest BCUT2D eigenvalue weighted by Crippen LogP contribution is 2.28. The van der Waals surface area contributed by atoms with Gasteiger partial charge in [-0.3, -0.25) is 4.55 Å². The number of nitrogens with zero attached hydrogens (tertiary/aromatic N) is 1. The molecule has 2 rings (SSSR count). The molecule has 0 unspecified atom stereocenters. The molecule has 0 heterocycles. The predicted molar refractivity (Wildman–Crippen MR) is 75.2 cm³/mol. The summed E-state index contributed by atoms with van der Waals surface area (Å²) in [6.07, 6.45) is 0. The number of para-hydroxylation sites is 1. The Morgan fingerprint density at radius 2 is 1.68 bits per heavy atom. The third-order valence-corrected chi connectivity index (χ3v) is 3.72. The molecule has 0 aliphatic rings. The lowest BCUT2D eigenvalue weighted by atomic mass is 10.2. The van der Waals surface area contributed by atoms with Gasteiger partial charge in [-0.05, 0) is 30.3 Å². The maximum atomic E-state index is 11.2. The number of hydrogen-bond acceptors (Lipinski definition) is 4. The summed E-state index contributed by atoms with van der Waals surface area (Å²) in [5.41, 5.74) is 7.09. The molecular weight excluding hydrogens is 264 g/mol. The minimum absolute atomic E-state index is 0.0210. The van der Waals surface area contributed by atoms with Crippen LogP contribution in [0.4, 0.5) is 17.1 Å². The Hall–Kier alpha value is -2.05. The van der Waals surface area contributed by atoms with Crippen molar-refractivity contribution < 1.29 is 13.0 Å². The van der Waals surface area contributed by atoms with E-state index in [1.165, 1.54) is 12.1 Å². The molecule has 0 aromatic heterocycles. The molecule has 0 spiro atoms. The fraction of sp³-hybridized carbons (Fsp3) is 0.0769. The standard InChI is InChI=1S/C13H14N2O3S/c1-15(10-5-3-2-4-6-10)11-7-8-12(14)13(9-11)19(16,17)18/h2-9H,14H2,1H3,(H,16,17,18). The van der Waals surface area contributed by atoms with Gasteiger partial charge in [-0.2, -0.15) is 8.42 Å². The zero-order valence-corrected chi connectivity index (χ0v) is 11.1. The summed E-state index contributed by atoms with van der Waals surface area (Å²) in [6.45, 7) is 0.